The standard InChI is InChI=1S/C16H24ClN3O5S/c17-14-6-1-4-12(10-14)16(23,7-3-8-19-26(18,24)25)13-5-2-9-20(11-13)15(21)22/h1,4,6,10,13,19,23H,2-3,5,7-9,11H2,(H,21,22)(H2,18,24,25)/t13?,16-/m1/s1. The Kier molecular flexibility index (Phi) is 6.86. The molecule has 0 aliphatic carbocycles. The van der Waals surface area contributed by atoms with E-state index < -0.39 is 21.9 Å². The van der Waals surface area contributed by atoms with Crippen LogP contribution in [-0.4, -0.2) is 49.3 Å². The van der Waals surface area contributed by atoms with Gasteiger partial charge >= 0.3 is 6.09 Å². The van der Waals surface area contributed by atoms with E-state index in [-0.39, 0.29) is 25.4 Å². The highest BCUT2D eigenvalue weighted by Crippen LogP contribution is 2.40. The predicted molar refractivity (Wildman–Crippen MR) is 98.0 cm³/mol. The van der Waals surface area contributed by atoms with Gasteiger partial charge in [-0.1, -0.05) is 23.7 Å². The van der Waals surface area contributed by atoms with Crippen molar-refractivity contribution >= 4 is 27.9 Å². The summed E-state index contributed by atoms with van der Waals surface area (Å²) < 4.78 is 24.2. The van der Waals surface area contributed by atoms with E-state index in [4.69, 9.17) is 16.7 Å². The van der Waals surface area contributed by atoms with Crippen LogP contribution >= 0.6 is 11.6 Å². The number of nitrogens with two attached hydrogens (primary N) is 1. The lowest BCUT2D eigenvalue weighted by atomic mass is 9.74. The molecule has 1 unspecified atom stereocenters. The molecule has 8 nitrogen and oxygen atoms in total. The topological polar surface area (TPSA) is 133 Å². The van der Waals surface area contributed by atoms with Crippen LogP contribution in [0.3, 0.4) is 0 Å². The average molecular weight is 406 g/mol. The summed E-state index contributed by atoms with van der Waals surface area (Å²) in [7, 11) is -3.80. The number of piperidine rings is 1. The molecule has 1 heterocycles. The lowest BCUT2D eigenvalue weighted by molar-refractivity contribution is -0.0572. The Morgan fingerprint density at radius 2 is 2.19 bits per heavy atom. The number of carbonyl (C=O) groups is 1. The quantitative estimate of drug-likeness (QED) is 0.510. The van der Waals surface area contributed by atoms with Crippen LogP contribution in [0.2, 0.25) is 5.02 Å². The number of likely N-dealkylation sites (tertiary alicyclic amines) is 1. The van der Waals surface area contributed by atoms with Gasteiger partial charge in [-0.3, -0.25) is 0 Å². The Labute approximate surface area is 158 Å². The SMILES string of the molecule is NS(=O)(=O)NCCC[C@@](O)(c1cccc(Cl)c1)C1CCCN(C(=O)O)C1. The summed E-state index contributed by atoms with van der Waals surface area (Å²) >= 11 is 6.07. The first-order valence-electron chi connectivity index (χ1n) is 8.35. The molecule has 0 bridgehead atoms. The highest BCUT2D eigenvalue weighted by atomic mass is 35.5. The van der Waals surface area contributed by atoms with Gasteiger partial charge in [0.05, 0.1) is 5.60 Å². The third kappa shape index (κ3) is 5.55. The van der Waals surface area contributed by atoms with E-state index in [9.17, 15) is 23.4 Å². The smallest absolute Gasteiger partial charge is 0.407 e. The van der Waals surface area contributed by atoms with Crippen molar-refractivity contribution in [3.8, 4) is 0 Å². The van der Waals surface area contributed by atoms with Gasteiger partial charge in [-0.2, -0.15) is 8.42 Å². The van der Waals surface area contributed by atoms with E-state index >= 15 is 0 Å². The summed E-state index contributed by atoms with van der Waals surface area (Å²) in [5.74, 6) is -0.319. The number of amides is 1. The van der Waals surface area contributed by atoms with Crippen LogP contribution in [0, 0.1) is 5.92 Å². The third-order valence-electron chi connectivity index (χ3n) is 4.73. The minimum absolute atomic E-state index is 0.0804. The number of hydrogen-bond donors (Lipinski definition) is 4. The lowest BCUT2D eigenvalue weighted by Crippen LogP contribution is -2.48. The molecule has 1 aromatic carbocycles. The van der Waals surface area contributed by atoms with Gasteiger partial charge in [-0.05, 0) is 43.4 Å². The molecule has 0 saturated carbocycles. The number of hydrogen-bond acceptors (Lipinski definition) is 4. The minimum Gasteiger partial charge on any atom is -0.465 e. The normalized spacial score (nSPS) is 20.6. The summed E-state index contributed by atoms with van der Waals surface area (Å²) in [5.41, 5.74) is -0.725. The summed E-state index contributed by atoms with van der Waals surface area (Å²) in [5, 5.41) is 26.1. The maximum absolute atomic E-state index is 11.5. The molecule has 1 fully saturated rings. The van der Waals surface area contributed by atoms with Crippen molar-refractivity contribution in [3.63, 3.8) is 0 Å². The number of aliphatic hydroxyl groups is 1. The van der Waals surface area contributed by atoms with E-state index in [0.717, 1.165) is 0 Å². The van der Waals surface area contributed by atoms with E-state index in [0.29, 0.717) is 36.4 Å². The second kappa shape index (κ2) is 8.53. The Balaban J connectivity index is 2.22. The summed E-state index contributed by atoms with van der Waals surface area (Å²) in [6, 6.07) is 6.83. The first kappa shape index (κ1) is 20.9. The third-order valence-corrected chi connectivity index (χ3v) is 5.57. The molecular formula is C16H24ClN3O5S. The van der Waals surface area contributed by atoms with Crippen LogP contribution in [-0.2, 0) is 15.8 Å². The first-order chi connectivity index (χ1) is 12.1. The van der Waals surface area contributed by atoms with Gasteiger partial charge in [-0.25, -0.2) is 14.7 Å². The van der Waals surface area contributed by atoms with Gasteiger partial charge in [0.15, 0.2) is 0 Å². The summed E-state index contributed by atoms with van der Waals surface area (Å²) in [6.07, 6.45) is 0.876. The summed E-state index contributed by atoms with van der Waals surface area (Å²) in [6.45, 7) is 0.725. The van der Waals surface area contributed by atoms with Gasteiger partial charge < -0.3 is 15.1 Å². The van der Waals surface area contributed by atoms with Crippen LogP contribution in [0.4, 0.5) is 4.79 Å². The molecule has 0 spiro atoms. The van der Waals surface area contributed by atoms with Crippen molar-refractivity contribution in [1.82, 2.24) is 9.62 Å². The number of carboxylic acid groups (broad SMARTS) is 1. The van der Waals surface area contributed by atoms with Crippen LogP contribution < -0.4 is 9.86 Å². The maximum atomic E-state index is 11.5. The molecule has 0 radical (unpaired) electrons. The van der Waals surface area contributed by atoms with Crippen molar-refractivity contribution in [2.45, 2.75) is 31.3 Å². The summed E-state index contributed by atoms with van der Waals surface area (Å²) in [4.78, 5) is 12.6. The van der Waals surface area contributed by atoms with E-state index in [1.807, 2.05) is 0 Å². The van der Waals surface area contributed by atoms with E-state index in [2.05, 4.69) is 4.72 Å². The van der Waals surface area contributed by atoms with E-state index in [1.165, 1.54) is 4.90 Å². The zero-order valence-electron chi connectivity index (χ0n) is 14.3. The molecule has 1 aromatic rings. The fraction of sp³-hybridized carbons (Fsp3) is 0.562. The van der Waals surface area contributed by atoms with Gasteiger partial charge in [0.1, 0.15) is 0 Å². The predicted octanol–water partition coefficient (Wildman–Crippen LogP) is 1.49. The molecule has 1 saturated heterocycles. The number of nitrogens with zero attached hydrogens (tertiary/aromatic N) is 1. The molecule has 146 valence electrons. The maximum Gasteiger partial charge on any atom is 0.407 e. The molecule has 10 heteroatoms. The lowest BCUT2D eigenvalue weighted by Gasteiger charge is -2.42. The van der Waals surface area contributed by atoms with Gasteiger partial charge in [0.25, 0.3) is 10.2 Å². The van der Waals surface area contributed by atoms with Crippen molar-refractivity contribution in [2.75, 3.05) is 19.6 Å². The van der Waals surface area contributed by atoms with Crippen LogP contribution in [0.15, 0.2) is 24.3 Å². The number of halogens is 1. The monoisotopic (exact) mass is 405 g/mol. The van der Waals surface area contributed by atoms with Crippen molar-refractivity contribution in [3.05, 3.63) is 34.9 Å². The minimum atomic E-state index is -3.80. The number of rotatable bonds is 7. The Bertz CT molecular complexity index is 745. The molecule has 2 atom stereocenters. The largest absolute Gasteiger partial charge is 0.465 e. The first-order valence-corrected chi connectivity index (χ1v) is 10.3. The van der Waals surface area contributed by atoms with Crippen LogP contribution in [0.5, 0.6) is 0 Å². The average Bonchev–Trinajstić information content (AvgIpc) is 2.58. The molecule has 1 aliphatic heterocycles. The fourth-order valence-corrected chi connectivity index (χ4v) is 4.07. The second-order valence-corrected chi connectivity index (χ2v) is 8.36. The number of nitrogens with one attached hydrogen (secondary N) is 1. The molecule has 5 N–H and O–H groups in total. The highest BCUT2D eigenvalue weighted by molar-refractivity contribution is 7.87. The fourth-order valence-electron chi connectivity index (χ4n) is 3.45. The molecule has 1 amide bonds. The van der Waals surface area contributed by atoms with Gasteiger partial charge in [0, 0.05) is 30.6 Å². The van der Waals surface area contributed by atoms with Crippen molar-refractivity contribution in [1.29, 1.82) is 0 Å². The van der Waals surface area contributed by atoms with Crippen LogP contribution in [0.25, 0.3) is 0 Å². The molecule has 0 aromatic heterocycles. The Hall–Kier alpha value is -1.39. The van der Waals surface area contributed by atoms with Crippen molar-refractivity contribution in [2.24, 2.45) is 11.1 Å². The Morgan fingerprint density at radius 1 is 1.46 bits per heavy atom. The zero-order valence-corrected chi connectivity index (χ0v) is 15.8. The van der Waals surface area contributed by atoms with Crippen molar-refractivity contribution < 1.29 is 23.4 Å². The second-order valence-electron chi connectivity index (χ2n) is 6.55. The molecule has 1 aliphatic rings. The van der Waals surface area contributed by atoms with Gasteiger partial charge in [-0.15, -0.1) is 0 Å². The molecule has 26 heavy (non-hydrogen) atoms. The zero-order chi connectivity index (χ0) is 19.4. The van der Waals surface area contributed by atoms with Crippen LogP contribution in [0.1, 0.15) is 31.2 Å². The van der Waals surface area contributed by atoms with E-state index in [1.54, 1.807) is 24.3 Å². The Morgan fingerprint density at radius 3 is 2.81 bits per heavy atom. The number of benzene rings is 1. The highest BCUT2D eigenvalue weighted by Gasteiger charge is 2.41. The molecular weight excluding hydrogens is 382 g/mol. The van der Waals surface area contributed by atoms with Gasteiger partial charge in [0.2, 0.25) is 0 Å². The molecule has 2 rings (SSSR count).